The van der Waals surface area contributed by atoms with Crippen molar-refractivity contribution >= 4 is 23.1 Å². The number of hydrogen-bond donors (Lipinski definition) is 1. The van der Waals surface area contributed by atoms with Gasteiger partial charge in [-0.3, -0.25) is 4.84 Å². The van der Waals surface area contributed by atoms with Crippen molar-refractivity contribution in [3.63, 3.8) is 0 Å². The lowest BCUT2D eigenvalue weighted by Crippen LogP contribution is -2.16. The highest BCUT2D eigenvalue weighted by Gasteiger charge is 2.06. The van der Waals surface area contributed by atoms with Gasteiger partial charge in [0.25, 0.3) is 0 Å². The summed E-state index contributed by atoms with van der Waals surface area (Å²) in [5.41, 5.74) is 1.99. The van der Waals surface area contributed by atoms with Crippen LogP contribution < -0.4 is 10.4 Å². The van der Waals surface area contributed by atoms with Crippen LogP contribution >= 0.6 is 11.6 Å². The molecule has 0 bridgehead atoms. The fourth-order valence-corrected chi connectivity index (χ4v) is 1.41. The molecule has 0 saturated heterocycles. The minimum Gasteiger partial charge on any atom is -0.385 e. The number of alkyl halides is 1. The molecule has 0 aliphatic rings. The quantitative estimate of drug-likeness (QED) is 0.621. The number of hydroxylamine groups is 1. The second-order valence-corrected chi connectivity index (χ2v) is 3.31. The van der Waals surface area contributed by atoms with Crippen molar-refractivity contribution in [3.05, 3.63) is 17.8 Å². The van der Waals surface area contributed by atoms with Gasteiger partial charge in [-0.1, -0.05) is 0 Å². The summed E-state index contributed by atoms with van der Waals surface area (Å²) < 4.78 is 0. The van der Waals surface area contributed by atoms with Crippen LogP contribution in [0.25, 0.3) is 0 Å². The molecule has 0 amide bonds. The average molecular weight is 230 g/mol. The Hall–Kier alpha value is -1.00. The summed E-state index contributed by atoms with van der Waals surface area (Å²) >= 11 is 5.81. The molecule has 0 fully saturated rings. The Morgan fingerprint density at radius 3 is 2.87 bits per heavy atom. The molecule has 0 aliphatic carbocycles. The van der Waals surface area contributed by atoms with Gasteiger partial charge >= 0.3 is 0 Å². The summed E-state index contributed by atoms with van der Waals surface area (Å²) in [6.45, 7) is 2.89. The number of nitrogens with one attached hydrogen (secondary N) is 1. The van der Waals surface area contributed by atoms with Gasteiger partial charge < -0.3 is 5.32 Å². The third-order valence-electron chi connectivity index (χ3n) is 2.08. The molecule has 0 spiro atoms. The topological polar surface area (TPSA) is 37.4 Å². The maximum Gasteiger partial charge on any atom is 0.154 e. The first-order chi connectivity index (χ1) is 7.22. The van der Waals surface area contributed by atoms with Gasteiger partial charge in [0.2, 0.25) is 0 Å². The van der Waals surface area contributed by atoms with Crippen LogP contribution in [0.3, 0.4) is 0 Å². The zero-order chi connectivity index (χ0) is 11.3. The van der Waals surface area contributed by atoms with Crippen molar-refractivity contribution in [1.82, 2.24) is 4.98 Å². The maximum absolute atomic E-state index is 5.81. The van der Waals surface area contributed by atoms with Gasteiger partial charge in [-0.25, -0.2) is 10.0 Å². The van der Waals surface area contributed by atoms with Crippen molar-refractivity contribution in [3.8, 4) is 0 Å². The number of pyridine rings is 1. The molecule has 1 aromatic rings. The Kier molecular flexibility index (Phi) is 4.65. The zero-order valence-electron chi connectivity index (χ0n) is 9.25. The van der Waals surface area contributed by atoms with Crippen molar-refractivity contribution in [2.45, 2.75) is 12.8 Å². The number of halogens is 1. The molecule has 0 saturated carbocycles. The van der Waals surface area contributed by atoms with Gasteiger partial charge in [-0.15, -0.1) is 11.6 Å². The molecule has 1 heterocycles. The maximum atomic E-state index is 5.81. The SMILES string of the molecule is CCNc1cc(N(C)OC)ncc1CCl. The number of aromatic nitrogens is 1. The predicted molar refractivity (Wildman–Crippen MR) is 63.4 cm³/mol. The smallest absolute Gasteiger partial charge is 0.154 e. The minimum absolute atomic E-state index is 0.451. The minimum atomic E-state index is 0.451. The van der Waals surface area contributed by atoms with Crippen LogP contribution in [0.15, 0.2) is 12.3 Å². The van der Waals surface area contributed by atoms with Crippen molar-refractivity contribution in [2.75, 3.05) is 31.1 Å². The highest BCUT2D eigenvalue weighted by atomic mass is 35.5. The molecule has 15 heavy (non-hydrogen) atoms. The average Bonchev–Trinajstić information content (AvgIpc) is 2.28. The molecule has 1 N–H and O–H groups in total. The molecule has 0 aliphatic heterocycles. The summed E-state index contributed by atoms with van der Waals surface area (Å²) in [4.78, 5) is 9.29. The predicted octanol–water partition coefficient (Wildman–Crippen LogP) is 2.25. The van der Waals surface area contributed by atoms with Crippen LogP contribution in [-0.2, 0) is 10.7 Å². The first kappa shape index (κ1) is 12.1. The lowest BCUT2D eigenvalue weighted by Gasteiger charge is -2.17. The van der Waals surface area contributed by atoms with E-state index >= 15 is 0 Å². The summed E-state index contributed by atoms with van der Waals surface area (Å²) in [5, 5.41) is 4.84. The standard InChI is InChI=1S/C10H16ClN3O/c1-4-12-9-5-10(14(2)15-3)13-7-8(9)6-11/h5,7H,4,6H2,1-3H3,(H,12,13). The van der Waals surface area contributed by atoms with E-state index in [1.54, 1.807) is 25.4 Å². The van der Waals surface area contributed by atoms with E-state index in [9.17, 15) is 0 Å². The van der Waals surface area contributed by atoms with Crippen LogP contribution in [0.1, 0.15) is 12.5 Å². The van der Waals surface area contributed by atoms with E-state index in [0.29, 0.717) is 5.88 Å². The van der Waals surface area contributed by atoms with Gasteiger partial charge in [-0.05, 0) is 6.92 Å². The molecule has 84 valence electrons. The van der Waals surface area contributed by atoms with Crippen LogP contribution in [0.5, 0.6) is 0 Å². The van der Waals surface area contributed by atoms with Crippen molar-refractivity contribution < 1.29 is 4.84 Å². The van der Waals surface area contributed by atoms with E-state index in [1.165, 1.54) is 0 Å². The van der Waals surface area contributed by atoms with Gasteiger partial charge in [0, 0.05) is 37.1 Å². The van der Waals surface area contributed by atoms with Gasteiger partial charge in [0.15, 0.2) is 5.82 Å². The van der Waals surface area contributed by atoms with E-state index in [0.717, 1.165) is 23.6 Å². The monoisotopic (exact) mass is 229 g/mol. The van der Waals surface area contributed by atoms with Crippen molar-refractivity contribution in [2.24, 2.45) is 0 Å². The first-order valence-corrected chi connectivity index (χ1v) is 5.33. The summed E-state index contributed by atoms with van der Waals surface area (Å²) in [7, 11) is 3.41. The Bertz CT molecular complexity index is 320. The summed E-state index contributed by atoms with van der Waals surface area (Å²) in [6.07, 6.45) is 1.76. The van der Waals surface area contributed by atoms with Gasteiger partial charge in [0.1, 0.15) is 0 Å². The van der Waals surface area contributed by atoms with E-state index in [2.05, 4.69) is 10.3 Å². The zero-order valence-corrected chi connectivity index (χ0v) is 10.0. The second kappa shape index (κ2) is 5.78. The molecule has 5 heteroatoms. The van der Waals surface area contributed by atoms with Gasteiger partial charge in [0.05, 0.1) is 13.0 Å². The summed E-state index contributed by atoms with van der Waals surface area (Å²) in [6, 6.07) is 1.92. The van der Waals surface area contributed by atoms with E-state index in [-0.39, 0.29) is 0 Å². The largest absolute Gasteiger partial charge is 0.385 e. The Morgan fingerprint density at radius 2 is 2.33 bits per heavy atom. The normalized spacial score (nSPS) is 10.1. The van der Waals surface area contributed by atoms with Crippen LogP contribution in [0.2, 0.25) is 0 Å². The Morgan fingerprint density at radius 1 is 1.60 bits per heavy atom. The van der Waals surface area contributed by atoms with E-state index in [1.807, 2.05) is 13.0 Å². The molecule has 0 radical (unpaired) electrons. The van der Waals surface area contributed by atoms with Crippen LogP contribution in [-0.4, -0.2) is 25.7 Å². The Balaban J connectivity index is 2.98. The van der Waals surface area contributed by atoms with Crippen LogP contribution in [0, 0.1) is 0 Å². The molecule has 1 rings (SSSR count). The molecule has 1 aromatic heterocycles. The summed E-state index contributed by atoms with van der Waals surface area (Å²) in [5.74, 6) is 1.20. The molecule has 4 nitrogen and oxygen atoms in total. The van der Waals surface area contributed by atoms with Crippen LogP contribution in [0.4, 0.5) is 11.5 Å². The number of nitrogens with zero attached hydrogens (tertiary/aromatic N) is 2. The van der Waals surface area contributed by atoms with E-state index in [4.69, 9.17) is 16.4 Å². The highest BCUT2D eigenvalue weighted by molar-refractivity contribution is 6.17. The number of hydrogen-bond acceptors (Lipinski definition) is 4. The second-order valence-electron chi connectivity index (χ2n) is 3.04. The molecular weight excluding hydrogens is 214 g/mol. The Labute approximate surface area is 95.2 Å². The molecule has 0 aromatic carbocycles. The third kappa shape index (κ3) is 2.97. The fraction of sp³-hybridized carbons (Fsp3) is 0.500. The number of rotatable bonds is 5. The highest BCUT2D eigenvalue weighted by Crippen LogP contribution is 2.21. The number of anilines is 2. The third-order valence-corrected chi connectivity index (χ3v) is 2.37. The molecular formula is C10H16ClN3O. The first-order valence-electron chi connectivity index (χ1n) is 4.79. The fourth-order valence-electron chi connectivity index (χ4n) is 1.20. The van der Waals surface area contributed by atoms with Crippen molar-refractivity contribution in [1.29, 1.82) is 0 Å². The lowest BCUT2D eigenvalue weighted by atomic mass is 10.2. The lowest BCUT2D eigenvalue weighted by molar-refractivity contribution is 0.182. The van der Waals surface area contributed by atoms with E-state index < -0.39 is 0 Å². The van der Waals surface area contributed by atoms with Gasteiger partial charge in [-0.2, -0.15) is 0 Å². The molecule has 0 unspecified atom stereocenters. The molecule has 0 atom stereocenters.